The smallest absolute Gasteiger partial charge is 0.338 e. The van der Waals surface area contributed by atoms with Crippen LogP contribution in [0.2, 0.25) is 0 Å². The Labute approximate surface area is 142 Å². The van der Waals surface area contributed by atoms with Crippen molar-refractivity contribution in [3.05, 3.63) is 29.9 Å². The lowest BCUT2D eigenvalue weighted by Crippen LogP contribution is -2.35. The summed E-state index contributed by atoms with van der Waals surface area (Å²) in [5, 5.41) is 8.65. The van der Waals surface area contributed by atoms with Gasteiger partial charge in [0.25, 0.3) is 0 Å². The number of carbonyl (C=O) groups is 1. The van der Waals surface area contributed by atoms with E-state index in [1.165, 1.54) is 12.3 Å². The van der Waals surface area contributed by atoms with E-state index in [1.54, 1.807) is 6.07 Å². The number of carbonyl (C=O) groups excluding carboxylic acids is 1. The van der Waals surface area contributed by atoms with E-state index in [1.807, 2.05) is 0 Å². The number of rotatable bonds is 7. The highest BCUT2D eigenvalue weighted by Gasteiger charge is 2.38. The minimum absolute atomic E-state index is 0.194. The van der Waals surface area contributed by atoms with E-state index in [-0.39, 0.29) is 24.0 Å². The van der Waals surface area contributed by atoms with Crippen molar-refractivity contribution in [2.75, 3.05) is 6.54 Å². The molecule has 2 rings (SSSR count). The molecule has 2 aromatic rings. The zero-order chi connectivity index (χ0) is 18.3. The predicted molar refractivity (Wildman–Crippen MR) is 82.3 cm³/mol. The molecule has 2 aromatic heterocycles. The zero-order valence-electron chi connectivity index (χ0n) is 13.6. The molecule has 0 radical (unpaired) electrons. The Hall–Kier alpha value is -2.65. The van der Waals surface area contributed by atoms with Gasteiger partial charge in [-0.05, 0) is 18.6 Å². The third kappa shape index (κ3) is 5.73. The SMILES string of the molecule is CCCCCNC(=O)NCc1ccc(-c2noc(C(F)(F)F)n2)cn1. The van der Waals surface area contributed by atoms with Gasteiger partial charge in [-0.2, -0.15) is 18.2 Å². The highest BCUT2D eigenvalue weighted by molar-refractivity contribution is 5.73. The van der Waals surface area contributed by atoms with Crippen LogP contribution in [0.15, 0.2) is 22.9 Å². The maximum Gasteiger partial charge on any atom is 0.471 e. The summed E-state index contributed by atoms with van der Waals surface area (Å²) in [4.78, 5) is 18.9. The minimum Gasteiger partial charge on any atom is -0.338 e. The Morgan fingerprint density at radius 3 is 2.64 bits per heavy atom. The molecule has 0 bridgehead atoms. The van der Waals surface area contributed by atoms with Crippen LogP contribution in [0.1, 0.15) is 37.8 Å². The van der Waals surface area contributed by atoms with Crippen LogP contribution in [0.25, 0.3) is 11.4 Å². The Balaban J connectivity index is 1.85. The van der Waals surface area contributed by atoms with Crippen LogP contribution < -0.4 is 10.6 Å². The molecular formula is C15H18F3N5O2. The number of urea groups is 1. The molecule has 136 valence electrons. The fraction of sp³-hybridized carbons (Fsp3) is 0.467. The van der Waals surface area contributed by atoms with Crippen molar-refractivity contribution < 1.29 is 22.5 Å². The summed E-state index contributed by atoms with van der Waals surface area (Å²) in [6, 6.07) is 2.78. The number of alkyl halides is 3. The largest absolute Gasteiger partial charge is 0.471 e. The molecule has 10 heteroatoms. The Morgan fingerprint density at radius 1 is 1.24 bits per heavy atom. The van der Waals surface area contributed by atoms with Crippen LogP contribution >= 0.6 is 0 Å². The second-order valence-corrected chi connectivity index (χ2v) is 5.28. The van der Waals surface area contributed by atoms with Gasteiger partial charge in [0.05, 0.1) is 12.2 Å². The summed E-state index contributed by atoms with van der Waals surface area (Å²) in [5.41, 5.74) is 0.832. The van der Waals surface area contributed by atoms with E-state index in [4.69, 9.17) is 0 Å². The number of hydrogen-bond acceptors (Lipinski definition) is 5. The van der Waals surface area contributed by atoms with Gasteiger partial charge in [-0.3, -0.25) is 4.98 Å². The first-order valence-corrected chi connectivity index (χ1v) is 7.78. The van der Waals surface area contributed by atoms with Crippen LogP contribution in [-0.4, -0.2) is 27.7 Å². The van der Waals surface area contributed by atoms with E-state index in [0.29, 0.717) is 12.2 Å². The first-order valence-electron chi connectivity index (χ1n) is 7.78. The summed E-state index contributed by atoms with van der Waals surface area (Å²) in [6.07, 6.45) is -0.324. The van der Waals surface area contributed by atoms with Crippen molar-refractivity contribution in [3.8, 4) is 11.4 Å². The normalized spacial score (nSPS) is 11.4. The molecule has 0 aromatic carbocycles. The molecule has 0 aliphatic heterocycles. The molecule has 0 aliphatic carbocycles. The van der Waals surface area contributed by atoms with Crippen molar-refractivity contribution in [2.24, 2.45) is 0 Å². The van der Waals surface area contributed by atoms with Crippen LogP contribution in [0.5, 0.6) is 0 Å². The molecule has 0 spiro atoms. The van der Waals surface area contributed by atoms with E-state index in [0.717, 1.165) is 19.3 Å². The van der Waals surface area contributed by atoms with Gasteiger partial charge < -0.3 is 15.2 Å². The molecule has 2 N–H and O–H groups in total. The number of unbranched alkanes of at least 4 members (excludes halogenated alkanes) is 2. The molecular weight excluding hydrogens is 339 g/mol. The highest BCUT2D eigenvalue weighted by Crippen LogP contribution is 2.29. The van der Waals surface area contributed by atoms with E-state index >= 15 is 0 Å². The van der Waals surface area contributed by atoms with Crippen LogP contribution in [0.4, 0.5) is 18.0 Å². The molecule has 7 nitrogen and oxygen atoms in total. The number of amides is 2. The van der Waals surface area contributed by atoms with Crippen LogP contribution in [0.3, 0.4) is 0 Å². The molecule has 0 saturated heterocycles. The van der Waals surface area contributed by atoms with Crippen molar-refractivity contribution in [3.63, 3.8) is 0 Å². The molecule has 0 fully saturated rings. The highest BCUT2D eigenvalue weighted by atomic mass is 19.4. The third-order valence-electron chi connectivity index (χ3n) is 3.25. The number of halogens is 3. The topological polar surface area (TPSA) is 92.9 Å². The average Bonchev–Trinajstić information content (AvgIpc) is 3.08. The van der Waals surface area contributed by atoms with E-state index in [9.17, 15) is 18.0 Å². The zero-order valence-corrected chi connectivity index (χ0v) is 13.6. The van der Waals surface area contributed by atoms with Gasteiger partial charge in [0.15, 0.2) is 0 Å². The third-order valence-corrected chi connectivity index (χ3v) is 3.25. The fourth-order valence-electron chi connectivity index (χ4n) is 1.93. The maximum atomic E-state index is 12.4. The number of nitrogens with one attached hydrogen (secondary N) is 2. The van der Waals surface area contributed by atoms with E-state index < -0.39 is 12.1 Å². The van der Waals surface area contributed by atoms with Gasteiger partial charge in [0.2, 0.25) is 5.82 Å². The summed E-state index contributed by atoms with van der Waals surface area (Å²) in [5.74, 6) is -1.61. The van der Waals surface area contributed by atoms with Crippen molar-refractivity contribution in [1.29, 1.82) is 0 Å². The minimum atomic E-state index is -4.69. The average molecular weight is 357 g/mol. The summed E-state index contributed by atoms with van der Waals surface area (Å²) in [6.45, 7) is 2.87. The Morgan fingerprint density at radius 2 is 2.04 bits per heavy atom. The summed E-state index contributed by atoms with van der Waals surface area (Å²) in [7, 11) is 0. The molecule has 0 atom stereocenters. The Bertz CT molecular complexity index is 685. The molecule has 0 aliphatic rings. The molecule has 2 amide bonds. The van der Waals surface area contributed by atoms with E-state index in [2.05, 4.69) is 37.2 Å². The van der Waals surface area contributed by atoms with Crippen molar-refractivity contribution in [1.82, 2.24) is 25.8 Å². The fourth-order valence-corrected chi connectivity index (χ4v) is 1.93. The van der Waals surface area contributed by atoms with Gasteiger partial charge in [0.1, 0.15) is 0 Å². The standard InChI is InChI=1S/C15H18F3N5O2/c1-2-3-4-7-19-14(24)21-9-11-6-5-10(8-20-11)12-22-13(25-23-12)15(16,17)18/h5-6,8H,2-4,7,9H2,1H3,(H2,19,21,24). The molecule has 0 unspecified atom stereocenters. The number of hydrogen-bond donors (Lipinski definition) is 2. The lowest BCUT2D eigenvalue weighted by molar-refractivity contribution is -0.159. The van der Waals surface area contributed by atoms with Gasteiger partial charge >= 0.3 is 18.1 Å². The molecule has 25 heavy (non-hydrogen) atoms. The van der Waals surface area contributed by atoms with Crippen molar-refractivity contribution >= 4 is 6.03 Å². The van der Waals surface area contributed by atoms with Gasteiger partial charge in [-0.1, -0.05) is 24.9 Å². The van der Waals surface area contributed by atoms with Gasteiger partial charge in [-0.15, -0.1) is 0 Å². The second-order valence-electron chi connectivity index (χ2n) is 5.28. The Kier molecular flexibility index (Phi) is 6.31. The first-order chi connectivity index (χ1) is 11.9. The molecule has 2 heterocycles. The maximum absolute atomic E-state index is 12.4. The van der Waals surface area contributed by atoms with Crippen LogP contribution in [-0.2, 0) is 12.7 Å². The second kappa shape index (κ2) is 8.45. The van der Waals surface area contributed by atoms with Crippen LogP contribution in [0, 0.1) is 0 Å². The number of aromatic nitrogens is 3. The van der Waals surface area contributed by atoms with Crippen molar-refractivity contribution in [2.45, 2.75) is 38.9 Å². The molecule has 0 saturated carbocycles. The lowest BCUT2D eigenvalue weighted by atomic mass is 10.2. The van der Waals surface area contributed by atoms with Gasteiger partial charge in [0, 0.05) is 18.3 Å². The monoisotopic (exact) mass is 357 g/mol. The number of nitrogens with zero attached hydrogens (tertiary/aromatic N) is 3. The predicted octanol–water partition coefficient (Wildman–Crippen LogP) is 3.14. The quantitative estimate of drug-likeness (QED) is 0.743. The lowest BCUT2D eigenvalue weighted by Gasteiger charge is -2.07. The summed E-state index contributed by atoms with van der Waals surface area (Å²) >= 11 is 0. The first kappa shape index (κ1) is 18.7. The number of pyridine rings is 1. The summed E-state index contributed by atoms with van der Waals surface area (Å²) < 4.78 is 41.5. The van der Waals surface area contributed by atoms with Gasteiger partial charge in [-0.25, -0.2) is 4.79 Å².